The summed E-state index contributed by atoms with van der Waals surface area (Å²) in [4.78, 5) is 0. The van der Waals surface area contributed by atoms with Crippen LogP contribution < -0.4 is 0 Å². The van der Waals surface area contributed by atoms with Crippen molar-refractivity contribution in [2.75, 3.05) is 0 Å². The maximum absolute atomic E-state index is 2.47. The highest BCUT2D eigenvalue weighted by atomic mass is 14.4. The molecule has 0 saturated heterocycles. The Morgan fingerprint density at radius 1 is 0.667 bits per heavy atom. The van der Waals surface area contributed by atoms with Gasteiger partial charge in [0, 0.05) is 0 Å². The predicted octanol–water partition coefficient (Wildman–Crippen LogP) is 3.86. The third-order valence-corrected chi connectivity index (χ3v) is 4.41. The van der Waals surface area contributed by atoms with Crippen LogP contribution in [0.4, 0.5) is 0 Å². The van der Waals surface area contributed by atoms with E-state index in [4.69, 9.17) is 0 Å². The molecule has 0 aromatic heterocycles. The molecular weight excluding hydrogens is 144 g/mol. The molecule has 0 spiro atoms. The van der Waals surface area contributed by atoms with Crippen LogP contribution in [-0.4, -0.2) is 0 Å². The predicted molar refractivity (Wildman–Crippen MR) is 53.0 cm³/mol. The average molecular weight is 166 g/mol. The molecule has 0 heteroatoms. The molecule has 2 unspecified atom stereocenters. The molecule has 0 N–H and O–H groups in total. The van der Waals surface area contributed by atoms with Crippen molar-refractivity contribution in [2.45, 2.75) is 52.4 Å². The van der Waals surface area contributed by atoms with Crippen LogP contribution in [0.5, 0.6) is 0 Å². The lowest BCUT2D eigenvalue weighted by molar-refractivity contribution is 0.230. The fourth-order valence-electron chi connectivity index (χ4n) is 3.62. The topological polar surface area (TPSA) is 0 Å². The standard InChI is InChI=1S/C12H22/c1-9-5-3-7-11(9)12-8-4-6-10(12)2/h9-12H,3-8H2,1-2H3/t9-,10+,11?,12?. The van der Waals surface area contributed by atoms with Gasteiger partial charge in [0.15, 0.2) is 0 Å². The maximum atomic E-state index is 2.47. The summed E-state index contributed by atoms with van der Waals surface area (Å²) in [6.07, 6.45) is 9.11. The van der Waals surface area contributed by atoms with E-state index in [2.05, 4.69) is 13.8 Å². The highest BCUT2D eigenvalue weighted by Gasteiger charge is 2.35. The van der Waals surface area contributed by atoms with E-state index in [9.17, 15) is 0 Å². The molecule has 2 saturated carbocycles. The first-order valence-electron chi connectivity index (χ1n) is 5.79. The molecule has 0 bridgehead atoms. The third-order valence-electron chi connectivity index (χ3n) is 4.41. The van der Waals surface area contributed by atoms with Crippen molar-refractivity contribution in [3.8, 4) is 0 Å². The van der Waals surface area contributed by atoms with Gasteiger partial charge in [0.25, 0.3) is 0 Å². The van der Waals surface area contributed by atoms with Crippen molar-refractivity contribution >= 4 is 0 Å². The Balaban J connectivity index is 1.98. The van der Waals surface area contributed by atoms with Gasteiger partial charge < -0.3 is 0 Å². The molecule has 70 valence electrons. The number of hydrogen-bond acceptors (Lipinski definition) is 0. The van der Waals surface area contributed by atoms with Gasteiger partial charge in [-0.2, -0.15) is 0 Å². The molecule has 2 rings (SSSR count). The van der Waals surface area contributed by atoms with Gasteiger partial charge in [-0.3, -0.25) is 0 Å². The Labute approximate surface area is 76.7 Å². The van der Waals surface area contributed by atoms with E-state index in [0.29, 0.717) is 0 Å². The van der Waals surface area contributed by atoms with Gasteiger partial charge in [0.05, 0.1) is 0 Å². The second-order valence-corrected chi connectivity index (χ2v) is 5.14. The van der Waals surface area contributed by atoms with Gasteiger partial charge in [-0.05, 0) is 36.5 Å². The van der Waals surface area contributed by atoms with Crippen LogP contribution in [0.1, 0.15) is 52.4 Å². The Morgan fingerprint density at radius 3 is 1.33 bits per heavy atom. The first kappa shape index (κ1) is 8.59. The van der Waals surface area contributed by atoms with E-state index < -0.39 is 0 Å². The van der Waals surface area contributed by atoms with E-state index in [1.807, 2.05) is 0 Å². The van der Waals surface area contributed by atoms with Crippen LogP contribution in [0.15, 0.2) is 0 Å². The summed E-state index contributed by atoms with van der Waals surface area (Å²) in [7, 11) is 0. The molecular formula is C12H22. The first-order chi connectivity index (χ1) is 5.79. The molecule has 2 aliphatic carbocycles. The van der Waals surface area contributed by atoms with E-state index in [1.54, 1.807) is 0 Å². The molecule has 0 aliphatic heterocycles. The van der Waals surface area contributed by atoms with Crippen molar-refractivity contribution in [3.63, 3.8) is 0 Å². The van der Waals surface area contributed by atoms with E-state index in [1.165, 1.54) is 38.5 Å². The van der Waals surface area contributed by atoms with Crippen LogP contribution in [0.2, 0.25) is 0 Å². The smallest absolute Gasteiger partial charge is 0.0358 e. The summed E-state index contributed by atoms with van der Waals surface area (Å²) in [5.41, 5.74) is 0. The van der Waals surface area contributed by atoms with Crippen LogP contribution in [0.25, 0.3) is 0 Å². The fraction of sp³-hybridized carbons (Fsp3) is 1.00. The second kappa shape index (κ2) is 3.40. The largest absolute Gasteiger partial charge is 0.0622 e. The zero-order valence-electron chi connectivity index (χ0n) is 8.55. The lowest BCUT2D eigenvalue weighted by Crippen LogP contribution is -2.19. The van der Waals surface area contributed by atoms with Crippen LogP contribution in [0.3, 0.4) is 0 Å². The zero-order chi connectivity index (χ0) is 8.55. The van der Waals surface area contributed by atoms with Gasteiger partial charge in [-0.1, -0.05) is 39.5 Å². The number of hydrogen-bond donors (Lipinski definition) is 0. The summed E-state index contributed by atoms with van der Waals surface area (Å²) in [5.74, 6) is 4.27. The quantitative estimate of drug-likeness (QED) is 0.555. The summed E-state index contributed by atoms with van der Waals surface area (Å²) in [5, 5.41) is 0. The second-order valence-electron chi connectivity index (χ2n) is 5.14. The van der Waals surface area contributed by atoms with Gasteiger partial charge >= 0.3 is 0 Å². The van der Waals surface area contributed by atoms with Crippen molar-refractivity contribution in [2.24, 2.45) is 23.7 Å². The van der Waals surface area contributed by atoms with E-state index in [0.717, 1.165) is 23.7 Å². The van der Waals surface area contributed by atoms with Crippen molar-refractivity contribution in [1.82, 2.24) is 0 Å². The van der Waals surface area contributed by atoms with Crippen LogP contribution in [0, 0.1) is 23.7 Å². The molecule has 0 aromatic rings. The first-order valence-corrected chi connectivity index (χ1v) is 5.79. The lowest BCUT2D eigenvalue weighted by Gasteiger charge is -2.26. The van der Waals surface area contributed by atoms with Crippen molar-refractivity contribution < 1.29 is 0 Å². The Kier molecular flexibility index (Phi) is 2.43. The van der Waals surface area contributed by atoms with E-state index in [-0.39, 0.29) is 0 Å². The summed E-state index contributed by atoms with van der Waals surface area (Å²) >= 11 is 0. The molecule has 12 heavy (non-hydrogen) atoms. The molecule has 0 radical (unpaired) electrons. The summed E-state index contributed by atoms with van der Waals surface area (Å²) in [6.45, 7) is 4.95. The fourth-order valence-corrected chi connectivity index (χ4v) is 3.62. The van der Waals surface area contributed by atoms with Gasteiger partial charge in [0.1, 0.15) is 0 Å². The number of rotatable bonds is 1. The van der Waals surface area contributed by atoms with Crippen LogP contribution >= 0.6 is 0 Å². The molecule has 4 atom stereocenters. The molecule has 0 nitrogen and oxygen atoms in total. The molecule has 0 heterocycles. The monoisotopic (exact) mass is 166 g/mol. The third kappa shape index (κ3) is 1.41. The maximum Gasteiger partial charge on any atom is -0.0358 e. The Morgan fingerprint density at radius 2 is 1.08 bits per heavy atom. The molecule has 0 amide bonds. The minimum Gasteiger partial charge on any atom is -0.0622 e. The van der Waals surface area contributed by atoms with Crippen molar-refractivity contribution in [1.29, 1.82) is 0 Å². The molecule has 2 fully saturated rings. The SMILES string of the molecule is C[C@@H]1CCCC1C1CCC[C@@H]1C. The highest BCUT2D eigenvalue weighted by Crippen LogP contribution is 2.46. The van der Waals surface area contributed by atoms with Gasteiger partial charge in [-0.25, -0.2) is 0 Å². The van der Waals surface area contributed by atoms with Crippen LogP contribution in [-0.2, 0) is 0 Å². The Bertz CT molecular complexity index is 132. The Hall–Kier alpha value is 0. The summed E-state index contributed by atoms with van der Waals surface area (Å²) < 4.78 is 0. The normalized spacial score (nSPS) is 48.5. The molecule has 2 aliphatic rings. The average Bonchev–Trinajstić information content (AvgIpc) is 2.59. The van der Waals surface area contributed by atoms with E-state index >= 15 is 0 Å². The minimum absolute atomic E-state index is 1.04. The highest BCUT2D eigenvalue weighted by molar-refractivity contribution is 4.86. The lowest BCUT2D eigenvalue weighted by atomic mass is 9.79. The van der Waals surface area contributed by atoms with Crippen molar-refractivity contribution in [3.05, 3.63) is 0 Å². The zero-order valence-corrected chi connectivity index (χ0v) is 8.55. The van der Waals surface area contributed by atoms with Gasteiger partial charge in [0.2, 0.25) is 0 Å². The summed E-state index contributed by atoms with van der Waals surface area (Å²) in [6, 6.07) is 0. The van der Waals surface area contributed by atoms with Gasteiger partial charge in [-0.15, -0.1) is 0 Å². The minimum atomic E-state index is 1.04. The molecule has 0 aromatic carbocycles.